The van der Waals surface area contributed by atoms with Crippen molar-refractivity contribution in [3.05, 3.63) is 87.2 Å². The Labute approximate surface area is 198 Å². The van der Waals surface area contributed by atoms with Crippen LogP contribution >= 0.6 is 0 Å². The van der Waals surface area contributed by atoms with Gasteiger partial charge in [0.2, 0.25) is 0 Å². The quantitative estimate of drug-likeness (QED) is 0.482. The lowest BCUT2D eigenvalue weighted by Gasteiger charge is -2.21. The van der Waals surface area contributed by atoms with Crippen LogP contribution in [-0.2, 0) is 22.9 Å². The van der Waals surface area contributed by atoms with Crippen molar-refractivity contribution < 1.29 is 22.3 Å². The molecule has 0 spiro atoms. The van der Waals surface area contributed by atoms with E-state index in [-0.39, 0.29) is 16.2 Å². The number of sulfonamides is 1. The second-order valence-electron chi connectivity index (χ2n) is 8.61. The predicted molar refractivity (Wildman–Crippen MR) is 128 cm³/mol. The molecular weight excluding hydrogens is 457 g/mol. The van der Waals surface area contributed by atoms with E-state index in [0.29, 0.717) is 41.8 Å². The van der Waals surface area contributed by atoms with E-state index in [1.807, 2.05) is 6.92 Å². The van der Waals surface area contributed by atoms with Gasteiger partial charge in [0.25, 0.3) is 10.0 Å². The average molecular weight is 486 g/mol. The first-order valence-electron chi connectivity index (χ1n) is 11.6. The number of anilines is 1. The normalized spacial score (nSPS) is 15.1. The summed E-state index contributed by atoms with van der Waals surface area (Å²) in [5, 5.41) is 11.1. The molecule has 180 valence electrons. The summed E-state index contributed by atoms with van der Waals surface area (Å²) in [4.78, 5) is 12.9. The molecule has 1 heterocycles. The molecule has 0 aliphatic heterocycles. The maximum Gasteiger partial charge on any atom is 0.343 e. The van der Waals surface area contributed by atoms with Crippen LogP contribution in [0.3, 0.4) is 0 Å². The minimum Gasteiger partial charge on any atom is -0.507 e. The van der Waals surface area contributed by atoms with Crippen LogP contribution in [0.15, 0.2) is 62.6 Å². The van der Waals surface area contributed by atoms with Crippen LogP contribution in [0.2, 0.25) is 0 Å². The summed E-state index contributed by atoms with van der Waals surface area (Å²) < 4.78 is 46.8. The first-order valence-corrected chi connectivity index (χ1v) is 13.0. The Balaban J connectivity index is 1.69. The molecule has 0 fully saturated rings. The van der Waals surface area contributed by atoms with Gasteiger partial charge in [0, 0.05) is 23.6 Å². The third-order valence-electron chi connectivity index (χ3n) is 6.32. The van der Waals surface area contributed by atoms with Gasteiger partial charge in [-0.3, -0.25) is 4.72 Å². The summed E-state index contributed by atoms with van der Waals surface area (Å²) in [7, 11) is -3.93. The van der Waals surface area contributed by atoms with E-state index in [1.54, 1.807) is 24.3 Å². The number of rotatable bonds is 6. The molecule has 3 aromatic rings. The topological polar surface area (TPSA) is 96.6 Å². The Morgan fingerprint density at radius 2 is 1.76 bits per heavy atom. The zero-order valence-corrected chi connectivity index (χ0v) is 19.8. The van der Waals surface area contributed by atoms with E-state index in [4.69, 9.17) is 4.42 Å². The van der Waals surface area contributed by atoms with Crippen LogP contribution in [0.5, 0.6) is 5.75 Å². The summed E-state index contributed by atoms with van der Waals surface area (Å²) in [5.74, 6) is -0.428. The van der Waals surface area contributed by atoms with Gasteiger partial charge in [-0.05, 0) is 67.6 Å². The SMILES string of the molecule is CC[C@H](c1cccc(NS(=O)(=O)c2ccc(F)cc2)c1)c1c(O)c2c(oc1=O)CCCCCC2. The molecule has 6 nitrogen and oxygen atoms in total. The van der Waals surface area contributed by atoms with Gasteiger partial charge in [-0.2, -0.15) is 0 Å². The predicted octanol–water partition coefficient (Wildman–Crippen LogP) is 5.49. The van der Waals surface area contributed by atoms with Gasteiger partial charge in [0.1, 0.15) is 17.3 Å². The monoisotopic (exact) mass is 485 g/mol. The fourth-order valence-electron chi connectivity index (χ4n) is 4.58. The number of benzene rings is 2. The van der Waals surface area contributed by atoms with Crippen molar-refractivity contribution in [2.24, 2.45) is 0 Å². The van der Waals surface area contributed by atoms with E-state index in [2.05, 4.69) is 4.72 Å². The highest BCUT2D eigenvalue weighted by atomic mass is 32.2. The van der Waals surface area contributed by atoms with Gasteiger partial charge in [-0.25, -0.2) is 17.6 Å². The highest BCUT2D eigenvalue weighted by molar-refractivity contribution is 7.92. The molecule has 34 heavy (non-hydrogen) atoms. The molecule has 1 atom stereocenters. The van der Waals surface area contributed by atoms with Gasteiger partial charge in [0.05, 0.1) is 10.5 Å². The van der Waals surface area contributed by atoms with Crippen LogP contribution in [0.25, 0.3) is 0 Å². The molecule has 0 bridgehead atoms. The largest absolute Gasteiger partial charge is 0.507 e. The Hall–Kier alpha value is -3.13. The molecule has 1 aromatic heterocycles. The molecule has 1 aliphatic rings. The van der Waals surface area contributed by atoms with Crippen LogP contribution in [0.1, 0.15) is 67.4 Å². The number of hydrogen-bond acceptors (Lipinski definition) is 5. The molecule has 2 N–H and O–H groups in total. The molecule has 0 amide bonds. The van der Waals surface area contributed by atoms with E-state index in [9.17, 15) is 22.7 Å². The Bertz CT molecular complexity index is 1330. The molecule has 4 rings (SSSR count). The van der Waals surface area contributed by atoms with Crippen molar-refractivity contribution in [1.29, 1.82) is 0 Å². The Kier molecular flexibility index (Phi) is 7.07. The average Bonchev–Trinajstić information content (AvgIpc) is 2.78. The first kappa shape index (κ1) is 24.0. The zero-order valence-electron chi connectivity index (χ0n) is 19.0. The maximum atomic E-state index is 13.2. The van der Waals surface area contributed by atoms with E-state index in [0.717, 1.165) is 37.8 Å². The van der Waals surface area contributed by atoms with E-state index < -0.39 is 27.4 Å². The number of aromatic hydroxyl groups is 1. The second-order valence-corrected chi connectivity index (χ2v) is 10.3. The third kappa shape index (κ3) is 5.01. The number of aryl methyl sites for hydroxylation is 1. The number of fused-ring (bicyclic) bond motifs is 1. The van der Waals surface area contributed by atoms with Crippen molar-refractivity contribution in [2.45, 2.75) is 62.7 Å². The molecule has 1 aliphatic carbocycles. The van der Waals surface area contributed by atoms with Crippen molar-refractivity contribution in [2.75, 3.05) is 4.72 Å². The minimum atomic E-state index is -3.93. The highest BCUT2D eigenvalue weighted by Gasteiger charge is 2.27. The van der Waals surface area contributed by atoms with Crippen LogP contribution < -0.4 is 10.3 Å². The Morgan fingerprint density at radius 3 is 2.47 bits per heavy atom. The van der Waals surface area contributed by atoms with Crippen molar-refractivity contribution in [3.8, 4) is 5.75 Å². The highest BCUT2D eigenvalue weighted by Crippen LogP contribution is 2.37. The standard InChI is InChI=1S/C26H28FNO5S/c1-2-21(24-25(29)22-10-5-3-4-6-11-23(22)33-26(24)30)17-8-7-9-19(16-17)28-34(31,32)20-14-12-18(27)13-15-20/h7-9,12-16,21,28-29H,2-6,10-11H2,1H3/t21-/m1/s1. The van der Waals surface area contributed by atoms with Crippen LogP contribution in [-0.4, -0.2) is 13.5 Å². The molecule has 0 saturated carbocycles. The van der Waals surface area contributed by atoms with Crippen LogP contribution in [0.4, 0.5) is 10.1 Å². The van der Waals surface area contributed by atoms with Gasteiger partial charge in [-0.1, -0.05) is 31.9 Å². The summed E-state index contributed by atoms with van der Waals surface area (Å²) in [6, 6.07) is 11.3. The van der Waals surface area contributed by atoms with E-state index >= 15 is 0 Å². The lowest BCUT2D eigenvalue weighted by atomic mass is 9.87. The fraction of sp³-hybridized carbons (Fsp3) is 0.346. The number of halogens is 1. The maximum absolute atomic E-state index is 13.2. The van der Waals surface area contributed by atoms with Gasteiger partial charge in [0.15, 0.2) is 0 Å². The first-order chi connectivity index (χ1) is 16.3. The van der Waals surface area contributed by atoms with Crippen LogP contribution in [0, 0.1) is 5.82 Å². The fourth-order valence-corrected chi connectivity index (χ4v) is 5.63. The molecule has 8 heteroatoms. The number of hydrogen-bond donors (Lipinski definition) is 2. The third-order valence-corrected chi connectivity index (χ3v) is 7.71. The second kappa shape index (κ2) is 10.0. The van der Waals surface area contributed by atoms with E-state index in [1.165, 1.54) is 12.1 Å². The molecular formula is C26H28FNO5S. The summed E-state index contributed by atoms with van der Waals surface area (Å²) in [6.07, 6.45) is 5.78. The van der Waals surface area contributed by atoms with Crippen molar-refractivity contribution in [3.63, 3.8) is 0 Å². The molecule has 0 saturated heterocycles. The van der Waals surface area contributed by atoms with Crippen molar-refractivity contribution in [1.82, 2.24) is 0 Å². The minimum absolute atomic E-state index is 0.00250. The van der Waals surface area contributed by atoms with Gasteiger partial charge in [-0.15, -0.1) is 0 Å². The molecule has 0 unspecified atom stereocenters. The van der Waals surface area contributed by atoms with Gasteiger partial charge < -0.3 is 9.52 Å². The lowest BCUT2D eigenvalue weighted by Crippen LogP contribution is -2.18. The summed E-state index contributed by atoms with van der Waals surface area (Å²) in [6.45, 7) is 1.90. The smallest absolute Gasteiger partial charge is 0.343 e. The zero-order chi connectivity index (χ0) is 24.3. The van der Waals surface area contributed by atoms with Gasteiger partial charge >= 0.3 is 5.63 Å². The molecule has 2 aromatic carbocycles. The summed E-state index contributed by atoms with van der Waals surface area (Å²) in [5.41, 5.74) is 1.34. The lowest BCUT2D eigenvalue weighted by molar-refractivity contribution is 0.384. The number of nitrogens with one attached hydrogen (secondary N) is 1. The summed E-state index contributed by atoms with van der Waals surface area (Å²) >= 11 is 0. The Morgan fingerprint density at radius 1 is 1.06 bits per heavy atom. The van der Waals surface area contributed by atoms with Crippen molar-refractivity contribution >= 4 is 15.7 Å². The molecule has 0 radical (unpaired) electrons.